The topological polar surface area (TPSA) is 51.1 Å². The SMILES string of the molecule is Cn1c2c(c3cc(S(C)(=O)=O)ccc31)CNCC2. The first-order valence-corrected chi connectivity index (χ1v) is 7.88. The normalized spacial score (nSPS) is 15.9. The van der Waals surface area contributed by atoms with Crippen molar-refractivity contribution in [3.8, 4) is 0 Å². The molecule has 0 bridgehead atoms. The van der Waals surface area contributed by atoms with Crippen LogP contribution in [-0.2, 0) is 29.9 Å². The standard InChI is InChI=1S/C13H16N2O2S/c1-15-12-4-3-9(18(2,16)17)7-10(12)11-8-14-6-5-13(11)15/h3-4,7,14H,5-6,8H2,1-2H3. The molecule has 0 saturated heterocycles. The fourth-order valence-electron chi connectivity index (χ4n) is 2.72. The lowest BCUT2D eigenvalue weighted by atomic mass is 10.1. The van der Waals surface area contributed by atoms with Gasteiger partial charge in [-0.25, -0.2) is 8.42 Å². The van der Waals surface area contributed by atoms with Gasteiger partial charge >= 0.3 is 0 Å². The van der Waals surface area contributed by atoms with Crippen LogP contribution >= 0.6 is 0 Å². The van der Waals surface area contributed by atoms with Crippen molar-refractivity contribution in [2.75, 3.05) is 12.8 Å². The molecule has 0 aliphatic carbocycles. The van der Waals surface area contributed by atoms with E-state index in [4.69, 9.17) is 0 Å². The third kappa shape index (κ3) is 1.66. The number of benzene rings is 1. The Hall–Kier alpha value is -1.33. The van der Waals surface area contributed by atoms with Crippen LogP contribution in [-0.4, -0.2) is 25.8 Å². The molecule has 0 atom stereocenters. The Morgan fingerprint density at radius 1 is 1.33 bits per heavy atom. The fourth-order valence-corrected chi connectivity index (χ4v) is 3.37. The molecular formula is C13H16N2O2S. The summed E-state index contributed by atoms with van der Waals surface area (Å²) in [6.07, 6.45) is 2.25. The minimum absolute atomic E-state index is 0.397. The van der Waals surface area contributed by atoms with Crippen LogP contribution in [0, 0.1) is 0 Å². The molecule has 1 aromatic carbocycles. The number of aryl methyl sites for hydroxylation is 1. The van der Waals surface area contributed by atoms with Gasteiger partial charge in [-0.05, 0) is 23.8 Å². The maximum atomic E-state index is 11.6. The van der Waals surface area contributed by atoms with E-state index in [-0.39, 0.29) is 0 Å². The van der Waals surface area contributed by atoms with E-state index in [1.54, 1.807) is 12.1 Å². The van der Waals surface area contributed by atoms with Crippen LogP contribution in [0.5, 0.6) is 0 Å². The molecule has 5 heteroatoms. The average molecular weight is 264 g/mol. The maximum absolute atomic E-state index is 11.6. The maximum Gasteiger partial charge on any atom is 0.175 e. The number of nitrogens with zero attached hydrogens (tertiary/aromatic N) is 1. The molecule has 0 amide bonds. The quantitative estimate of drug-likeness (QED) is 0.843. The second-order valence-electron chi connectivity index (χ2n) is 4.86. The zero-order valence-corrected chi connectivity index (χ0v) is 11.3. The summed E-state index contributed by atoms with van der Waals surface area (Å²) >= 11 is 0. The van der Waals surface area contributed by atoms with E-state index in [0.717, 1.165) is 30.4 Å². The summed E-state index contributed by atoms with van der Waals surface area (Å²) in [6.45, 7) is 1.80. The first-order valence-electron chi connectivity index (χ1n) is 5.99. The number of hydrogen-bond acceptors (Lipinski definition) is 3. The van der Waals surface area contributed by atoms with Crippen molar-refractivity contribution in [1.82, 2.24) is 9.88 Å². The Labute approximate surface area is 107 Å². The minimum atomic E-state index is -3.14. The van der Waals surface area contributed by atoms with Crippen molar-refractivity contribution < 1.29 is 8.42 Å². The van der Waals surface area contributed by atoms with E-state index in [0.29, 0.717) is 4.90 Å². The molecule has 4 nitrogen and oxygen atoms in total. The van der Waals surface area contributed by atoms with E-state index in [9.17, 15) is 8.42 Å². The van der Waals surface area contributed by atoms with Gasteiger partial charge in [-0.15, -0.1) is 0 Å². The second kappa shape index (κ2) is 3.83. The molecule has 2 aromatic rings. The molecule has 2 heterocycles. The summed E-state index contributed by atoms with van der Waals surface area (Å²) in [4.78, 5) is 0.397. The lowest BCUT2D eigenvalue weighted by molar-refractivity contribution is 0.602. The molecule has 1 aliphatic heterocycles. The van der Waals surface area contributed by atoms with E-state index in [2.05, 4.69) is 9.88 Å². The van der Waals surface area contributed by atoms with Crippen molar-refractivity contribution in [2.45, 2.75) is 17.9 Å². The van der Waals surface area contributed by atoms with Gasteiger partial charge in [0.15, 0.2) is 9.84 Å². The van der Waals surface area contributed by atoms with Crippen molar-refractivity contribution in [3.05, 3.63) is 29.5 Å². The van der Waals surface area contributed by atoms with E-state index < -0.39 is 9.84 Å². The number of hydrogen-bond donors (Lipinski definition) is 1. The molecule has 0 spiro atoms. The van der Waals surface area contributed by atoms with Crippen LogP contribution in [0.1, 0.15) is 11.3 Å². The second-order valence-corrected chi connectivity index (χ2v) is 6.88. The van der Waals surface area contributed by atoms with E-state index >= 15 is 0 Å². The highest BCUT2D eigenvalue weighted by atomic mass is 32.2. The Morgan fingerprint density at radius 3 is 2.83 bits per heavy atom. The molecule has 0 unspecified atom stereocenters. The van der Waals surface area contributed by atoms with Crippen LogP contribution in [0.3, 0.4) is 0 Å². The predicted octanol–water partition coefficient (Wildman–Crippen LogP) is 1.23. The van der Waals surface area contributed by atoms with Crippen LogP contribution in [0.4, 0.5) is 0 Å². The predicted molar refractivity (Wildman–Crippen MR) is 71.4 cm³/mol. The highest BCUT2D eigenvalue weighted by Crippen LogP contribution is 2.29. The summed E-state index contributed by atoms with van der Waals surface area (Å²) in [6, 6.07) is 5.40. The van der Waals surface area contributed by atoms with E-state index in [1.807, 2.05) is 13.1 Å². The van der Waals surface area contributed by atoms with Gasteiger partial charge in [0.2, 0.25) is 0 Å². The zero-order valence-electron chi connectivity index (χ0n) is 10.5. The van der Waals surface area contributed by atoms with Gasteiger partial charge in [-0.3, -0.25) is 0 Å². The molecule has 0 radical (unpaired) electrons. The average Bonchev–Trinajstić information content (AvgIpc) is 2.63. The first kappa shape index (κ1) is 11.7. The Morgan fingerprint density at radius 2 is 2.11 bits per heavy atom. The molecule has 0 fully saturated rings. The van der Waals surface area contributed by atoms with Gasteiger partial charge < -0.3 is 9.88 Å². The van der Waals surface area contributed by atoms with Gasteiger partial charge in [-0.1, -0.05) is 0 Å². The lowest BCUT2D eigenvalue weighted by Gasteiger charge is -2.14. The Kier molecular flexibility index (Phi) is 2.50. The van der Waals surface area contributed by atoms with Gasteiger partial charge in [0.1, 0.15) is 0 Å². The van der Waals surface area contributed by atoms with Crippen LogP contribution in [0.25, 0.3) is 10.9 Å². The number of nitrogens with one attached hydrogen (secondary N) is 1. The molecular weight excluding hydrogens is 248 g/mol. The summed E-state index contributed by atoms with van der Waals surface area (Å²) in [5, 5.41) is 4.40. The van der Waals surface area contributed by atoms with Crippen molar-refractivity contribution in [3.63, 3.8) is 0 Å². The van der Waals surface area contributed by atoms with Crippen LogP contribution < -0.4 is 5.32 Å². The minimum Gasteiger partial charge on any atom is -0.347 e. The molecule has 3 rings (SSSR count). The first-order chi connectivity index (χ1) is 8.48. The summed E-state index contributed by atoms with van der Waals surface area (Å²) < 4.78 is 25.4. The molecule has 18 heavy (non-hydrogen) atoms. The van der Waals surface area contributed by atoms with Gasteiger partial charge in [0.25, 0.3) is 0 Å². The third-order valence-electron chi connectivity index (χ3n) is 3.68. The fraction of sp³-hybridized carbons (Fsp3) is 0.385. The van der Waals surface area contributed by atoms with Gasteiger partial charge in [0.05, 0.1) is 4.90 Å². The number of rotatable bonds is 1. The van der Waals surface area contributed by atoms with Gasteiger partial charge in [0, 0.05) is 49.4 Å². The number of aromatic nitrogens is 1. The highest BCUT2D eigenvalue weighted by Gasteiger charge is 2.19. The van der Waals surface area contributed by atoms with Gasteiger partial charge in [-0.2, -0.15) is 0 Å². The van der Waals surface area contributed by atoms with Crippen LogP contribution in [0.15, 0.2) is 23.1 Å². The zero-order chi connectivity index (χ0) is 12.9. The lowest BCUT2D eigenvalue weighted by Crippen LogP contribution is -2.24. The third-order valence-corrected chi connectivity index (χ3v) is 4.79. The Balaban J connectivity index is 2.34. The smallest absolute Gasteiger partial charge is 0.175 e. The molecule has 96 valence electrons. The summed E-state index contributed by atoms with van der Waals surface area (Å²) in [5.74, 6) is 0. The van der Waals surface area contributed by atoms with Crippen LogP contribution in [0.2, 0.25) is 0 Å². The largest absolute Gasteiger partial charge is 0.347 e. The summed E-state index contributed by atoms with van der Waals surface area (Å²) in [7, 11) is -1.09. The monoisotopic (exact) mass is 264 g/mol. The number of fused-ring (bicyclic) bond motifs is 3. The molecule has 1 aromatic heterocycles. The molecule has 0 saturated carbocycles. The highest BCUT2D eigenvalue weighted by molar-refractivity contribution is 7.90. The summed E-state index contributed by atoms with van der Waals surface area (Å²) in [5.41, 5.74) is 3.66. The number of sulfone groups is 1. The molecule has 1 aliphatic rings. The molecule has 1 N–H and O–H groups in total. The van der Waals surface area contributed by atoms with Crippen molar-refractivity contribution in [2.24, 2.45) is 7.05 Å². The van der Waals surface area contributed by atoms with E-state index in [1.165, 1.54) is 17.5 Å². The van der Waals surface area contributed by atoms with Crippen molar-refractivity contribution in [1.29, 1.82) is 0 Å². The Bertz CT molecular complexity index is 729. The van der Waals surface area contributed by atoms with Crippen molar-refractivity contribution >= 4 is 20.7 Å².